The molecule has 0 unspecified atom stereocenters. The molecule has 110 valence electrons. The minimum atomic E-state index is 0.361. The number of rotatable bonds is 2. The molecule has 0 saturated heterocycles. The first-order valence-corrected chi connectivity index (χ1v) is 7.65. The maximum Gasteiger partial charge on any atom is 0.120 e. The molecule has 3 nitrogen and oxygen atoms in total. The Morgan fingerprint density at radius 1 is 1.05 bits per heavy atom. The molecule has 0 radical (unpaired) electrons. The predicted molar refractivity (Wildman–Crippen MR) is 87.7 cm³/mol. The van der Waals surface area contributed by atoms with Gasteiger partial charge in [0.2, 0.25) is 0 Å². The van der Waals surface area contributed by atoms with Crippen LogP contribution in [0.2, 0.25) is 0 Å². The highest BCUT2D eigenvalue weighted by molar-refractivity contribution is 5.86. The van der Waals surface area contributed by atoms with Crippen LogP contribution in [0, 0.1) is 0 Å². The van der Waals surface area contributed by atoms with Crippen LogP contribution < -0.4 is 0 Å². The lowest BCUT2D eigenvalue weighted by molar-refractivity contribution is 0.243. The molecule has 1 N–H and O–H groups in total. The lowest BCUT2D eigenvalue weighted by atomic mass is 9.98. The van der Waals surface area contributed by atoms with Gasteiger partial charge in [-0.3, -0.25) is 9.88 Å². The van der Waals surface area contributed by atoms with Gasteiger partial charge in [0.15, 0.2) is 0 Å². The minimum Gasteiger partial charge on any atom is -0.508 e. The summed E-state index contributed by atoms with van der Waals surface area (Å²) in [6.07, 6.45) is 4.71. The quantitative estimate of drug-likeness (QED) is 0.784. The van der Waals surface area contributed by atoms with Gasteiger partial charge in [-0.1, -0.05) is 30.3 Å². The van der Waals surface area contributed by atoms with Gasteiger partial charge < -0.3 is 5.11 Å². The summed E-state index contributed by atoms with van der Waals surface area (Å²) in [6.45, 7) is 2.71. The molecule has 0 saturated carbocycles. The number of hydrogen-bond donors (Lipinski definition) is 1. The zero-order valence-corrected chi connectivity index (χ0v) is 12.4. The molecule has 4 rings (SSSR count). The van der Waals surface area contributed by atoms with Crippen LogP contribution in [0.1, 0.15) is 16.7 Å². The van der Waals surface area contributed by atoms with Gasteiger partial charge in [0.1, 0.15) is 5.75 Å². The molecule has 1 aliphatic heterocycles. The summed E-state index contributed by atoms with van der Waals surface area (Å²) in [7, 11) is 0. The largest absolute Gasteiger partial charge is 0.508 e. The van der Waals surface area contributed by atoms with Crippen LogP contribution in [0.15, 0.2) is 54.9 Å². The molecule has 3 heteroatoms. The van der Waals surface area contributed by atoms with E-state index >= 15 is 0 Å². The van der Waals surface area contributed by atoms with E-state index in [-0.39, 0.29) is 0 Å². The number of phenolic OH excluding ortho intramolecular Hbond substituents is 1. The molecule has 3 aromatic rings. The van der Waals surface area contributed by atoms with E-state index in [1.54, 1.807) is 12.3 Å². The van der Waals surface area contributed by atoms with Gasteiger partial charge in [-0.2, -0.15) is 0 Å². The summed E-state index contributed by atoms with van der Waals surface area (Å²) < 4.78 is 0. The average molecular weight is 290 g/mol. The summed E-state index contributed by atoms with van der Waals surface area (Å²) in [5, 5.41) is 12.4. The van der Waals surface area contributed by atoms with E-state index in [4.69, 9.17) is 0 Å². The smallest absolute Gasteiger partial charge is 0.120 e. The number of benzene rings is 2. The highest BCUT2D eigenvalue weighted by atomic mass is 16.3. The third-order valence-electron chi connectivity index (χ3n) is 4.50. The van der Waals surface area contributed by atoms with Crippen molar-refractivity contribution in [1.82, 2.24) is 9.88 Å². The molecular weight excluding hydrogens is 272 g/mol. The van der Waals surface area contributed by atoms with E-state index in [0.717, 1.165) is 42.4 Å². The van der Waals surface area contributed by atoms with E-state index in [0.29, 0.717) is 5.75 Å². The van der Waals surface area contributed by atoms with Crippen molar-refractivity contribution in [1.29, 1.82) is 0 Å². The first-order chi connectivity index (χ1) is 10.8. The maximum absolute atomic E-state index is 10.3. The monoisotopic (exact) mass is 290 g/mol. The molecule has 0 atom stereocenters. The van der Waals surface area contributed by atoms with Crippen LogP contribution >= 0.6 is 0 Å². The molecule has 0 spiro atoms. The second-order valence-corrected chi connectivity index (χ2v) is 5.89. The number of nitrogens with zero attached hydrogens (tertiary/aromatic N) is 2. The average Bonchev–Trinajstić information content (AvgIpc) is 2.57. The van der Waals surface area contributed by atoms with E-state index < -0.39 is 0 Å². The number of aromatic nitrogens is 1. The normalized spacial score (nSPS) is 14.9. The maximum atomic E-state index is 10.3. The fourth-order valence-corrected chi connectivity index (χ4v) is 3.29. The third kappa shape index (κ3) is 2.34. The number of hydrogen-bond acceptors (Lipinski definition) is 3. The van der Waals surface area contributed by atoms with Crippen LogP contribution in [0.25, 0.3) is 10.8 Å². The van der Waals surface area contributed by atoms with Crippen molar-refractivity contribution in [3.05, 3.63) is 71.5 Å². The molecule has 0 aliphatic carbocycles. The van der Waals surface area contributed by atoms with Crippen molar-refractivity contribution in [2.75, 3.05) is 6.54 Å². The van der Waals surface area contributed by atoms with Gasteiger partial charge in [-0.15, -0.1) is 0 Å². The van der Waals surface area contributed by atoms with Crippen molar-refractivity contribution < 1.29 is 5.11 Å². The molecular formula is C19H18N2O. The molecule has 2 heterocycles. The van der Waals surface area contributed by atoms with Crippen LogP contribution in [0.3, 0.4) is 0 Å². The molecule has 0 bridgehead atoms. The Hall–Kier alpha value is -2.39. The molecule has 1 aromatic heterocycles. The van der Waals surface area contributed by atoms with E-state index in [1.165, 1.54) is 11.1 Å². The zero-order valence-electron chi connectivity index (χ0n) is 12.4. The standard InChI is InChI=1S/C19H18N2O/c22-19-6-5-15-7-9-20-11-17(15)18(19)13-21-10-8-14-3-1-2-4-16(14)12-21/h1-7,9,11,22H,8,10,12-13H2. The Labute approximate surface area is 129 Å². The van der Waals surface area contributed by atoms with Crippen molar-refractivity contribution >= 4 is 10.8 Å². The predicted octanol–water partition coefficient (Wildman–Crippen LogP) is 3.50. The van der Waals surface area contributed by atoms with Crippen molar-refractivity contribution in [2.45, 2.75) is 19.5 Å². The highest BCUT2D eigenvalue weighted by Gasteiger charge is 2.18. The molecule has 22 heavy (non-hydrogen) atoms. The Bertz CT molecular complexity index is 829. The summed E-state index contributed by atoms with van der Waals surface area (Å²) in [6, 6.07) is 14.3. The van der Waals surface area contributed by atoms with Crippen molar-refractivity contribution in [3.8, 4) is 5.75 Å². The van der Waals surface area contributed by atoms with Crippen LogP contribution in [-0.2, 0) is 19.5 Å². The SMILES string of the molecule is Oc1ccc2ccncc2c1CN1CCc2ccccc2C1. The van der Waals surface area contributed by atoms with E-state index in [1.807, 2.05) is 18.3 Å². The lowest BCUT2D eigenvalue weighted by Crippen LogP contribution is -2.30. The van der Waals surface area contributed by atoms with Gasteiger partial charge in [0.25, 0.3) is 0 Å². The van der Waals surface area contributed by atoms with Crippen LogP contribution in [-0.4, -0.2) is 21.5 Å². The summed E-state index contributed by atoms with van der Waals surface area (Å²) in [5.41, 5.74) is 3.82. The van der Waals surface area contributed by atoms with Gasteiger partial charge in [-0.05, 0) is 35.1 Å². The lowest BCUT2D eigenvalue weighted by Gasteiger charge is -2.29. The zero-order chi connectivity index (χ0) is 14.9. The summed E-state index contributed by atoms with van der Waals surface area (Å²) >= 11 is 0. The Morgan fingerprint density at radius 2 is 1.91 bits per heavy atom. The van der Waals surface area contributed by atoms with Crippen LogP contribution in [0.5, 0.6) is 5.75 Å². The number of aromatic hydroxyl groups is 1. The molecule has 2 aromatic carbocycles. The first-order valence-electron chi connectivity index (χ1n) is 7.65. The second kappa shape index (κ2) is 5.43. The molecule has 1 aliphatic rings. The number of fused-ring (bicyclic) bond motifs is 2. The van der Waals surface area contributed by atoms with Gasteiger partial charge in [-0.25, -0.2) is 0 Å². The van der Waals surface area contributed by atoms with Gasteiger partial charge in [0.05, 0.1) is 0 Å². The second-order valence-electron chi connectivity index (χ2n) is 5.89. The van der Waals surface area contributed by atoms with E-state index in [9.17, 15) is 5.11 Å². The molecule has 0 amide bonds. The Morgan fingerprint density at radius 3 is 2.82 bits per heavy atom. The number of phenols is 1. The van der Waals surface area contributed by atoms with Gasteiger partial charge >= 0.3 is 0 Å². The fraction of sp³-hybridized carbons (Fsp3) is 0.211. The van der Waals surface area contributed by atoms with E-state index in [2.05, 4.69) is 34.1 Å². The van der Waals surface area contributed by atoms with Crippen molar-refractivity contribution in [2.24, 2.45) is 0 Å². The minimum absolute atomic E-state index is 0.361. The Balaban J connectivity index is 1.66. The first kappa shape index (κ1) is 13.3. The highest BCUT2D eigenvalue weighted by Crippen LogP contribution is 2.29. The Kier molecular flexibility index (Phi) is 3.28. The molecule has 0 fully saturated rings. The van der Waals surface area contributed by atoms with Gasteiger partial charge in [0, 0.05) is 43.0 Å². The summed E-state index contributed by atoms with van der Waals surface area (Å²) in [5.74, 6) is 0.361. The van der Waals surface area contributed by atoms with Crippen LogP contribution in [0.4, 0.5) is 0 Å². The summed E-state index contributed by atoms with van der Waals surface area (Å²) in [4.78, 5) is 6.61. The fourth-order valence-electron chi connectivity index (χ4n) is 3.29. The van der Waals surface area contributed by atoms with Crippen molar-refractivity contribution in [3.63, 3.8) is 0 Å². The number of pyridine rings is 1. The third-order valence-corrected chi connectivity index (χ3v) is 4.50. The topological polar surface area (TPSA) is 36.4 Å².